The SMILES string of the molecule is O=S(=O)(CCOc1ccc(CCC(O)C(F)(F)F)cc1)CC(OCc1ccc(Cl)cc1)OCc1ccc(Cl)cc1. The molecule has 0 bridgehead atoms. The molecule has 3 rings (SSSR count). The van der Waals surface area contributed by atoms with Crippen LogP contribution in [-0.2, 0) is 38.9 Å². The molecule has 0 aliphatic rings. The standard InChI is InChI=1S/C28H29Cl2F3O6S/c29-23-8-1-21(2-9-23)17-38-27(39-18-22-3-10-24(30)11-4-22)19-40(35,36)16-15-37-25-12-5-20(6-13-25)7-14-26(34)28(31,32)33/h1-6,8-13,26-27,34H,7,14-19H2. The van der Waals surface area contributed by atoms with Gasteiger partial charge in [0.2, 0.25) is 0 Å². The monoisotopic (exact) mass is 620 g/mol. The van der Waals surface area contributed by atoms with Crippen LogP contribution < -0.4 is 4.74 Å². The maximum absolute atomic E-state index is 12.8. The molecule has 0 heterocycles. The van der Waals surface area contributed by atoms with E-state index in [4.69, 9.17) is 42.5 Å². The molecule has 0 saturated carbocycles. The highest BCUT2D eigenvalue weighted by atomic mass is 35.5. The quantitative estimate of drug-likeness (QED) is 0.198. The number of ether oxygens (including phenoxy) is 3. The van der Waals surface area contributed by atoms with Gasteiger partial charge in [0.1, 0.15) is 24.2 Å². The third kappa shape index (κ3) is 11.6. The number of alkyl halides is 3. The van der Waals surface area contributed by atoms with Crippen LogP contribution in [0.5, 0.6) is 5.75 Å². The molecular formula is C28H29Cl2F3O6S. The molecule has 0 fully saturated rings. The number of benzene rings is 3. The summed E-state index contributed by atoms with van der Waals surface area (Å²) in [4.78, 5) is 0. The van der Waals surface area contributed by atoms with Gasteiger partial charge in [0.05, 0.1) is 19.0 Å². The number of aliphatic hydroxyl groups is 1. The van der Waals surface area contributed by atoms with E-state index in [0.717, 1.165) is 11.1 Å². The predicted octanol–water partition coefficient (Wildman–Crippen LogP) is 6.40. The fourth-order valence-corrected chi connectivity index (χ4v) is 4.84. The third-order valence-corrected chi connectivity index (χ3v) is 7.83. The second kappa shape index (κ2) is 15.0. The van der Waals surface area contributed by atoms with E-state index in [1.165, 1.54) is 12.1 Å². The van der Waals surface area contributed by atoms with Crippen LogP contribution in [0.4, 0.5) is 13.2 Å². The van der Waals surface area contributed by atoms with Crippen molar-refractivity contribution < 1.29 is 40.9 Å². The molecule has 0 amide bonds. The first-order chi connectivity index (χ1) is 18.9. The van der Waals surface area contributed by atoms with Gasteiger partial charge in [-0.15, -0.1) is 0 Å². The Labute approximate surface area is 241 Å². The topological polar surface area (TPSA) is 82.1 Å². The molecule has 3 aromatic carbocycles. The number of rotatable bonds is 15. The average molecular weight is 622 g/mol. The van der Waals surface area contributed by atoms with Crippen LogP contribution in [0.1, 0.15) is 23.1 Å². The summed E-state index contributed by atoms with van der Waals surface area (Å²) in [5.74, 6) is -0.347. The van der Waals surface area contributed by atoms with Gasteiger partial charge in [-0.25, -0.2) is 8.42 Å². The lowest BCUT2D eigenvalue weighted by Crippen LogP contribution is -2.30. The smallest absolute Gasteiger partial charge is 0.414 e. The van der Waals surface area contributed by atoms with E-state index in [1.807, 2.05) is 0 Å². The molecule has 1 unspecified atom stereocenters. The van der Waals surface area contributed by atoms with E-state index in [2.05, 4.69) is 0 Å². The lowest BCUT2D eigenvalue weighted by atomic mass is 10.1. The molecule has 0 aliphatic carbocycles. The van der Waals surface area contributed by atoms with Gasteiger partial charge in [-0.1, -0.05) is 59.6 Å². The summed E-state index contributed by atoms with van der Waals surface area (Å²) in [6.07, 6.45) is -8.52. The van der Waals surface area contributed by atoms with Crippen molar-refractivity contribution in [3.05, 3.63) is 99.5 Å². The average Bonchev–Trinajstić information content (AvgIpc) is 2.90. The zero-order valence-corrected chi connectivity index (χ0v) is 23.6. The number of halogens is 5. The van der Waals surface area contributed by atoms with Crippen molar-refractivity contribution in [2.24, 2.45) is 0 Å². The molecule has 6 nitrogen and oxygen atoms in total. The molecule has 0 saturated heterocycles. The van der Waals surface area contributed by atoms with Crippen molar-refractivity contribution >= 4 is 33.0 Å². The molecule has 0 radical (unpaired) electrons. The van der Waals surface area contributed by atoms with Crippen molar-refractivity contribution in [1.29, 1.82) is 0 Å². The fraction of sp³-hybridized carbons (Fsp3) is 0.357. The number of hydrogen-bond donors (Lipinski definition) is 1. The van der Waals surface area contributed by atoms with Crippen LogP contribution >= 0.6 is 23.2 Å². The van der Waals surface area contributed by atoms with Gasteiger partial charge < -0.3 is 19.3 Å². The second-order valence-electron chi connectivity index (χ2n) is 9.01. The Hall–Kier alpha value is -2.34. The van der Waals surface area contributed by atoms with E-state index < -0.39 is 40.6 Å². The van der Waals surface area contributed by atoms with E-state index in [-0.39, 0.29) is 32.0 Å². The summed E-state index contributed by atoms with van der Waals surface area (Å²) in [7, 11) is -3.66. The Bertz CT molecular complexity index is 1240. The first-order valence-electron chi connectivity index (χ1n) is 12.3. The van der Waals surface area contributed by atoms with Crippen LogP contribution in [0.3, 0.4) is 0 Å². The van der Waals surface area contributed by atoms with Gasteiger partial charge in [-0.3, -0.25) is 0 Å². The number of sulfone groups is 1. The Kier molecular flexibility index (Phi) is 12.1. The molecule has 40 heavy (non-hydrogen) atoms. The van der Waals surface area contributed by atoms with Crippen LogP contribution in [0.25, 0.3) is 0 Å². The Morgan fingerprint density at radius 3 is 1.73 bits per heavy atom. The van der Waals surface area contributed by atoms with E-state index in [0.29, 0.717) is 21.4 Å². The van der Waals surface area contributed by atoms with Crippen molar-refractivity contribution in [3.63, 3.8) is 0 Å². The van der Waals surface area contributed by atoms with Crippen molar-refractivity contribution in [1.82, 2.24) is 0 Å². The van der Waals surface area contributed by atoms with Crippen molar-refractivity contribution in [2.75, 3.05) is 18.1 Å². The third-order valence-electron chi connectivity index (χ3n) is 5.76. The molecule has 3 aromatic rings. The number of hydrogen-bond acceptors (Lipinski definition) is 6. The van der Waals surface area contributed by atoms with Crippen LogP contribution in [-0.4, -0.2) is 50.2 Å². The summed E-state index contributed by atoms with van der Waals surface area (Å²) >= 11 is 11.8. The summed E-state index contributed by atoms with van der Waals surface area (Å²) in [6.45, 7) is 0.0806. The second-order valence-corrected chi connectivity index (χ2v) is 12.1. The minimum Gasteiger partial charge on any atom is -0.493 e. The van der Waals surface area contributed by atoms with Gasteiger partial charge in [0.25, 0.3) is 0 Å². The Morgan fingerprint density at radius 1 is 0.775 bits per heavy atom. The highest BCUT2D eigenvalue weighted by molar-refractivity contribution is 7.91. The Morgan fingerprint density at radius 2 is 1.25 bits per heavy atom. The molecule has 218 valence electrons. The van der Waals surface area contributed by atoms with Gasteiger partial charge in [0.15, 0.2) is 16.1 Å². The summed E-state index contributed by atoms with van der Waals surface area (Å²) in [5, 5.41) is 10.3. The first kappa shape index (κ1) is 32.2. The molecule has 1 atom stereocenters. The van der Waals surface area contributed by atoms with Crippen LogP contribution in [0.15, 0.2) is 72.8 Å². The predicted molar refractivity (Wildman–Crippen MR) is 147 cm³/mol. The summed E-state index contributed by atoms with van der Waals surface area (Å²) in [5.41, 5.74) is 2.17. The normalized spacial score (nSPS) is 13.0. The number of aryl methyl sites for hydroxylation is 1. The summed E-state index contributed by atoms with van der Waals surface area (Å²) in [6, 6.07) is 20.1. The van der Waals surface area contributed by atoms with Gasteiger partial charge >= 0.3 is 6.18 Å². The van der Waals surface area contributed by atoms with Crippen LogP contribution in [0, 0.1) is 0 Å². The first-order valence-corrected chi connectivity index (χ1v) is 14.9. The zero-order valence-electron chi connectivity index (χ0n) is 21.3. The van der Waals surface area contributed by atoms with Gasteiger partial charge in [-0.2, -0.15) is 13.2 Å². The maximum atomic E-state index is 12.8. The van der Waals surface area contributed by atoms with E-state index >= 15 is 0 Å². The van der Waals surface area contributed by atoms with Crippen molar-refractivity contribution in [2.45, 2.75) is 44.6 Å². The Balaban J connectivity index is 1.52. The van der Waals surface area contributed by atoms with Crippen LogP contribution in [0.2, 0.25) is 10.0 Å². The van der Waals surface area contributed by atoms with Crippen molar-refractivity contribution in [3.8, 4) is 5.75 Å². The largest absolute Gasteiger partial charge is 0.493 e. The van der Waals surface area contributed by atoms with Gasteiger partial charge in [0, 0.05) is 10.0 Å². The fourth-order valence-electron chi connectivity index (χ4n) is 3.48. The highest BCUT2D eigenvalue weighted by Crippen LogP contribution is 2.24. The minimum absolute atomic E-state index is 0.0305. The summed E-state index contributed by atoms with van der Waals surface area (Å²) < 4.78 is 80.1. The molecule has 0 aromatic heterocycles. The number of aliphatic hydroxyl groups excluding tert-OH is 1. The van der Waals surface area contributed by atoms with E-state index in [1.54, 1.807) is 60.7 Å². The van der Waals surface area contributed by atoms with E-state index in [9.17, 15) is 21.6 Å². The lowest BCUT2D eigenvalue weighted by molar-refractivity contribution is -0.205. The minimum atomic E-state index is -4.66. The molecule has 0 aliphatic heterocycles. The molecule has 0 spiro atoms. The maximum Gasteiger partial charge on any atom is 0.414 e. The van der Waals surface area contributed by atoms with Gasteiger partial charge in [-0.05, 0) is 65.9 Å². The lowest BCUT2D eigenvalue weighted by Gasteiger charge is -2.19. The zero-order chi connectivity index (χ0) is 29.2. The highest BCUT2D eigenvalue weighted by Gasteiger charge is 2.37. The molecular weight excluding hydrogens is 592 g/mol. The molecule has 1 N–H and O–H groups in total. The molecule has 12 heteroatoms.